The van der Waals surface area contributed by atoms with Gasteiger partial charge in [-0.3, -0.25) is 4.79 Å². The maximum absolute atomic E-state index is 9.93. The van der Waals surface area contributed by atoms with E-state index < -0.39 is 0 Å². The van der Waals surface area contributed by atoms with Crippen molar-refractivity contribution in [3.05, 3.63) is 0 Å². The number of rotatable bonds is 5. The van der Waals surface area contributed by atoms with E-state index in [1.807, 2.05) is 6.29 Å². The lowest BCUT2D eigenvalue weighted by Gasteiger charge is -2.20. The second kappa shape index (κ2) is 6.22. The summed E-state index contributed by atoms with van der Waals surface area (Å²) in [4.78, 5) is 9.93. The molecule has 0 saturated heterocycles. The van der Waals surface area contributed by atoms with Gasteiger partial charge in [-0.2, -0.15) is 0 Å². The van der Waals surface area contributed by atoms with Crippen LogP contribution in [0.4, 0.5) is 0 Å². The monoisotopic (exact) mass is 167 g/mol. The largest absolute Gasteiger partial charge is 0.291 e. The third-order valence-electron chi connectivity index (χ3n) is 2.87. The molecule has 0 bridgehead atoms. The highest BCUT2D eigenvalue weighted by molar-refractivity contribution is 5.50. The lowest BCUT2D eigenvalue weighted by molar-refractivity contribution is 0.330. The number of hydrogen-bond acceptors (Lipinski definition) is 1. The molecule has 0 aromatic carbocycles. The summed E-state index contributed by atoms with van der Waals surface area (Å²) >= 11 is 0. The second-order valence-electron chi connectivity index (χ2n) is 3.89. The lowest BCUT2D eigenvalue weighted by Crippen LogP contribution is -2.05. The Balaban J connectivity index is 1.94. The van der Waals surface area contributed by atoms with Gasteiger partial charge in [-0.25, -0.2) is 0 Å². The summed E-state index contributed by atoms with van der Waals surface area (Å²) < 4.78 is 0. The van der Waals surface area contributed by atoms with Crippen LogP contribution in [0, 0.1) is 5.92 Å². The zero-order chi connectivity index (χ0) is 8.65. The minimum atomic E-state index is 0.646. The molecule has 0 amide bonds. The molecule has 1 heteroatoms. The van der Waals surface area contributed by atoms with Crippen LogP contribution in [0.1, 0.15) is 57.8 Å². The average Bonchev–Trinajstić information content (AvgIpc) is 2.14. The van der Waals surface area contributed by atoms with Gasteiger partial charge in [-0.05, 0) is 12.3 Å². The smallest absolute Gasteiger partial charge is 0.198 e. The Kier molecular flexibility index (Phi) is 5.05. The van der Waals surface area contributed by atoms with Gasteiger partial charge in [0.25, 0.3) is 0 Å². The third kappa shape index (κ3) is 3.89. The molecule has 1 aliphatic carbocycles. The van der Waals surface area contributed by atoms with Gasteiger partial charge < -0.3 is 0 Å². The summed E-state index contributed by atoms with van der Waals surface area (Å²) in [5.41, 5.74) is 0. The zero-order valence-electron chi connectivity index (χ0n) is 7.85. The van der Waals surface area contributed by atoms with Crippen LogP contribution in [-0.4, -0.2) is 6.29 Å². The zero-order valence-corrected chi connectivity index (χ0v) is 7.85. The van der Waals surface area contributed by atoms with Gasteiger partial charge in [-0.1, -0.05) is 44.9 Å². The van der Waals surface area contributed by atoms with Gasteiger partial charge >= 0.3 is 0 Å². The Labute approximate surface area is 75.5 Å². The molecule has 1 rings (SSSR count). The molecule has 1 fully saturated rings. The van der Waals surface area contributed by atoms with Crippen molar-refractivity contribution < 1.29 is 4.79 Å². The minimum absolute atomic E-state index is 0.646. The molecule has 1 nitrogen and oxygen atoms in total. The first-order valence-electron chi connectivity index (χ1n) is 5.28. The molecule has 0 atom stereocenters. The first-order chi connectivity index (χ1) is 5.93. The SMILES string of the molecule is O=[C]CCCCC1CCCCC1. The highest BCUT2D eigenvalue weighted by Crippen LogP contribution is 2.27. The predicted octanol–water partition coefficient (Wildman–Crippen LogP) is 3.24. The van der Waals surface area contributed by atoms with Crippen molar-refractivity contribution in [2.75, 3.05) is 0 Å². The molecule has 12 heavy (non-hydrogen) atoms. The van der Waals surface area contributed by atoms with E-state index in [0.717, 1.165) is 12.3 Å². The Morgan fingerprint density at radius 3 is 2.50 bits per heavy atom. The van der Waals surface area contributed by atoms with Gasteiger partial charge in [0, 0.05) is 6.42 Å². The van der Waals surface area contributed by atoms with Crippen LogP contribution in [-0.2, 0) is 4.79 Å². The average molecular weight is 167 g/mol. The minimum Gasteiger partial charge on any atom is -0.291 e. The summed E-state index contributed by atoms with van der Waals surface area (Å²) in [5, 5.41) is 0. The van der Waals surface area contributed by atoms with Gasteiger partial charge in [0.15, 0.2) is 6.29 Å². The first kappa shape index (κ1) is 9.76. The van der Waals surface area contributed by atoms with E-state index in [0.29, 0.717) is 6.42 Å². The Morgan fingerprint density at radius 1 is 1.08 bits per heavy atom. The molecule has 1 saturated carbocycles. The Bertz CT molecular complexity index is 114. The van der Waals surface area contributed by atoms with Crippen molar-refractivity contribution in [1.29, 1.82) is 0 Å². The molecular formula is C11H19O. The molecule has 69 valence electrons. The van der Waals surface area contributed by atoms with Crippen LogP contribution in [0.25, 0.3) is 0 Å². The topological polar surface area (TPSA) is 17.1 Å². The lowest BCUT2D eigenvalue weighted by atomic mass is 9.86. The molecule has 1 aliphatic rings. The summed E-state index contributed by atoms with van der Waals surface area (Å²) in [5.74, 6) is 0.977. The molecule has 1 radical (unpaired) electrons. The fraction of sp³-hybridized carbons (Fsp3) is 0.909. The van der Waals surface area contributed by atoms with Crippen LogP contribution in [0.15, 0.2) is 0 Å². The molecule has 0 unspecified atom stereocenters. The Hall–Kier alpha value is -0.330. The van der Waals surface area contributed by atoms with E-state index >= 15 is 0 Å². The van der Waals surface area contributed by atoms with Crippen LogP contribution < -0.4 is 0 Å². The van der Waals surface area contributed by atoms with Gasteiger partial charge in [0.2, 0.25) is 0 Å². The van der Waals surface area contributed by atoms with E-state index in [1.54, 1.807) is 0 Å². The maximum Gasteiger partial charge on any atom is 0.198 e. The Morgan fingerprint density at radius 2 is 1.83 bits per heavy atom. The molecule has 0 aromatic rings. The van der Waals surface area contributed by atoms with Crippen molar-refractivity contribution in [1.82, 2.24) is 0 Å². The molecule has 0 aliphatic heterocycles. The summed E-state index contributed by atoms with van der Waals surface area (Å²) in [7, 11) is 0. The summed E-state index contributed by atoms with van der Waals surface area (Å²) in [6.07, 6.45) is 13.4. The van der Waals surface area contributed by atoms with E-state index in [9.17, 15) is 4.79 Å². The van der Waals surface area contributed by atoms with E-state index in [-0.39, 0.29) is 0 Å². The predicted molar refractivity (Wildman–Crippen MR) is 50.7 cm³/mol. The van der Waals surface area contributed by atoms with Crippen molar-refractivity contribution in [2.24, 2.45) is 5.92 Å². The van der Waals surface area contributed by atoms with Crippen LogP contribution in [0.2, 0.25) is 0 Å². The maximum atomic E-state index is 9.93. The molecule has 0 aromatic heterocycles. The summed E-state index contributed by atoms with van der Waals surface area (Å²) in [6, 6.07) is 0. The second-order valence-corrected chi connectivity index (χ2v) is 3.89. The first-order valence-corrected chi connectivity index (χ1v) is 5.28. The van der Waals surface area contributed by atoms with Gasteiger partial charge in [0.1, 0.15) is 0 Å². The number of hydrogen-bond donors (Lipinski definition) is 0. The number of unbranched alkanes of at least 4 members (excludes halogenated alkanes) is 2. The normalized spacial score (nSPS) is 19.3. The molecule has 0 spiro atoms. The van der Waals surface area contributed by atoms with Crippen LogP contribution in [0.5, 0.6) is 0 Å². The van der Waals surface area contributed by atoms with Crippen molar-refractivity contribution in [2.45, 2.75) is 57.8 Å². The highest BCUT2D eigenvalue weighted by Gasteiger charge is 2.12. The van der Waals surface area contributed by atoms with E-state index in [1.165, 1.54) is 44.9 Å². The summed E-state index contributed by atoms with van der Waals surface area (Å²) in [6.45, 7) is 0. The van der Waals surface area contributed by atoms with Crippen LogP contribution >= 0.6 is 0 Å². The third-order valence-corrected chi connectivity index (χ3v) is 2.87. The molecule has 0 N–H and O–H groups in total. The van der Waals surface area contributed by atoms with E-state index in [4.69, 9.17) is 0 Å². The quantitative estimate of drug-likeness (QED) is 0.574. The molecule has 0 heterocycles. The van der Waals surface area contributed by atoms with Gasteiger partial charge in [-0.15, -0.1) is 0 Å². The standard InChI is InChI=1S/C11H19O/c12-10-6-2-5-9-11-7-3-1-4-8-11/h11H,1-9H2. The van der Waals surface area contributed by atoms with Crippen molar-refractivity contribution >= 4 is 6.29 Å². The van der Waals surface area contributed by atoms with Crippen molar-refractivity contribution in [3.8, 4) is 0 Å². The molecular weight excluding hydrogens is 148 g/mol. The van der Waals surface area contributed by atoms with Crippen molar-refractivity contribution in [3.63, 3.8) is 0 Å². The van der Waals surface area contributed by atoms with Gasteiger partial charge in [0.05, 0.1) is 0 Å². The number of carbonyl (C=O) groups excluding carboxylic acids is 1. The van der Waals surface area contributed by atoms with Crippen LogP contribution in [0.3, 0.4) is 0 Å². The van der Waals surface area contributed by atoms with E-state index in [2.05, 4.69) is 0 Å². The highest BCUT2D eigenvalue weighted by atomic mass is 16.1. The fourth-order valence-corrected chi connectivity index (χ4v) is 2.11. The fourth-order valence-electron chi connectivity index (χ4n) is 2.11.